The molecule has 1 N–H and O–H groups in total. The Kier molecular flexibility index (Phi) is 7.20. The highest BCUT2D eigenvalue weighted by molar-refractivity contribution is 7.98. The number of amides is 1. The largest absolute Gasteiger partial charge is 0.348 e. The van der Waals surface area contributed by atoms with E-state index in [4.69, 9.17) is 0 Å². The van der Waals surface area contributed by atoms with Gasteiger partial charge in [0.2, 0.25) is 0 Å². The Labute approximate surface area is 214 Å². The zero-order valence-corrected chi connectivity index (χ0v) is 20.5. The van der Waals surface area contributed by atoms with E-state index in [-0.39, 0.29) is 17.5 Å². The number of thioether (sulfide) groups is 1. The molecular formula is C27H20F2N4OS2. The third kappa shape index (κ3) is 5.37. The molecular weight excluding hydrogens is 498 g/mol. The summed E-state index contributed by atoms with van der Waals surface area (Å²) in [7, 11) is 0. The van der Waals surface area contributed by atoms with Crippen molar-refractivity contribution in [2.24, 2.45) is 0 Å². The molecule has 0 bridgehead atoms. The van der Waals surface area contributed by atoms with Crippen LogP contribution in [0, 0.1) is 11.6 Å². The van der Waals surface area contributed by atoms with Gasteiger partial charge in [0.25, 0.3) is 5.91 Å². The molecule has 5 rings (SSSR count). The second-order valence-corrected chi connectivity index (χ2v) is 9.76. The first-order valence-corrected chi connectivity index (χ1v) is 12.9. The van der Waals surface area contributed by atoms with Crippen molar-refractivity contribution < 1.29 is 13.6 Å². The first-order valence-electron chi connectivity index (χ1n) is 11.1. The number of thiophene rings is 1. The fourth-order valence-corrected chi connectivity index (χ4v) is 5.17. The van der Waals surface area contributed by atoms with E-state index in [1.54, 1.807) is 47.0 Å². The van der Waals surface area contributed by atoms with Crippen molar-refractivity contribution in [3.8, 4) is 16.4 Å². The van der Waals surface area contributed by atoms with E-state index in [0.29, 0.717) is 34.5 Å². The first-order chi connectivity index (χ1) is 17.6. The van der Waals surface area contributed by atoms with Crippen molar-refractivity contribution in [1.29, 1.82) is 0 Å². The molecule has 9 heteroatoms. The SMILES string of the molecule is O=C(NCc1ccc(F)cc1)c1ccc(CSc2nnc(-c3cccs3)n2-c2ccccc2F)cc1. The van der Waals surface area contributed by atoms with E-state index in [2.05, 4.69) is 15.5 Å². The van der Waals surface area contributed by atoms with Gasteiger partial charge in [-0.2, -0.15) is 0 Å². The fraction of sp³-hybridized carbons (Fsp3) is 0.0741. The third-order valence-corrected chi connectivity index (χ3v) is 7.28. The molecule has 0 saturated carbocycles. The maximum absolute atomic E-state index is 14.7. The second kappa shape index (κ2) is 10.8. The van der Waals surface area contributed by atoms with E-state index < -0.39 is 0 Å². The Morgan fingerprint density at radius 1 is 0.889 bits per heavy atom. The summed E-state index contributed by atoms with van der Waals surface area (Å²) in [6, 6.07) is 23.7. The topological polar surface area (TPSA) is 59.8 Å². The normalized spacial score (nSPS) is 10.9. The lowest BCUT2D eigenvalue weighted by Crippen LogP contribution is -2.22. The van der Waals surface area contributed by atoms with Gasteiger partial charge in [-0.1, -0.05) is 54.2 Å². The molecule has 5 nitrogen and oxygen atoms in total. The highest BCUT2D eigenvalue weighted by Crippen LogP contribution is 2.32. The molecule has 0 saturated heterocycles. The van der Waals surface area contributed by atoms with Crippen LogP contribution in [0.1, 0.15) is 21.5 Å². The molecule has 0 fully saturated rings. The summed E-state index contributed by atoms with van der Waals surface area (Å²) < 4.78 is 29.5. The van der Waals surface area contributed by atoms with Crippen molar-refractivity contribution in [3.63, 3.8) is 0 Å². The van der Waals surface area contributed by atoms with Crippen molar-refractivity contribution in [1.82, 2.24) is 20.1 Å². The molecule has 0 aliphatic heterocycles. The number of benzene rings is 3. The molecule has 0 radical (unpaired) electrons. The molecule has 0 atom stereocenters. The van der Waals surface area contributed by atoms with Crippen LogP contribution < -0.4 is 5.32 Å². The van der Waals surface area contributed by atoms with Gasteiger partial charge in [0.1, 0.15) is 11.6 Å². The third-order valence-electron chi connectivity index (χ3n) is 5.42. The number of hydrogen-bond donors (Lipinski definition) is 1. The Morgan fingerprint density at radius 2 is 1.64 bits per heavy atom. The molecule has 0 aliphatic rings. The van der Waals surface area contributed by atoms with Gasteiger partial charge in [0, 0.05) is 17.9 Å². The molecule has 0 spiro atoms. The molecule has 2 aromatic heterocycles. The van der Waals surface area contributed by atoms with Crippen LogP contribution in [0.2, 0.25) is 0 Å². The zero-order valence-electron chi connectivity index (χ0n) is 18.9. The monoisotopic (exact) mass is 518 g/mol. The van der Waals surface area contributed by atoms with Gasteiger partial charge in [-0.25, -0.2) is 8.78 Å². The summed E-state index contributed by atoms with van der Waals surface area (Å²) in [5.41, 5.74) is 2.72. The summed E-state index contributed by atoms with van der Waals surface area (Å²) >= 11 is 2.96. The van der Waals surface area contributed by atoms with Gasteiger partial charge in [-0.15, -0.1) is 21.5 Å². The summed E-state index contributed by atoms with van der Waals surface area (Å²) in [5.74, 6) is 0.277. The van der Waals surface area contributed by atoms with Crippen LogP contribution in [0.15, 0.2) is 95.5 Å². The van der Waals surface area contributed by atoms with Crippen LogP contribution >= 0.6 is 23.1 Å². The van der Waals surface area contributed by atoms with Crippen molar-refractivity contribution in [3.05, 3.63) is 119 Å². The summed E-state index contributed by atoms with van der Waals surface area (Å²) in [6.07, 6.45) is 0. The maximum Gasteiger partial charge on any atom is 0.251 e. The number of nitrogens with one attached hydrogen (secondary N) is 1. The van der Waals surface area contributed by atoms with E-state index in [9.17, 15) is 13.6 Å². The lowest BCUT2D eigenvalue weighted by molar-refractivity contribution is 0.0951. The number of rotatable bonds is 8. The summed E-state index contributed by atoms with van der Waals surface area (Å²) in [6.45, 7) is 0.314. The van der Waals surface area contributed by atoms with Crippen LogP contribution in [-0.4, -0.2) is 20.7 Å². The Morgan fingerprint density at radius 3 is 2.36 bits per heavy atom. The van der Waals surface area contributed by atoms with Crippen LogP contribution in [0.3, 0.4) is 0 Å². The Hall–Kier alpha value is -3.82. The van der Waals surface area contributed by atoms with Gasteiger partial charge >= 0.3 is 0 Å². The van der Waals surface area contributed by atoms with Gasteiger partial charge in [-0.05, 0) is 59.0 Å². The number of aromatic nitrogens is 3. The van der Waals surface area contributed by atoms with E-state index in [1.807, 2.05) is 29.6 Å². The van der Waals surface area contributed by atoms with Crippen molar-refractivity contribution in [2.45, 2.75) is 17.5 Å². The standard InChI is InChI=1S/C27H20F2N4OS2/c28-21-13-9-18(10-14-21)16-30-26(34)20-11-7-19(8-12-20)17-36-27-32-31-25(24-6-3-15-35-24)33(27)23-5-2-1-4-22(23)29/h1-15H,16-17H2,(H,30,34). The van der Waals surface area contributed by atoms with Crippen molar-refractivity contribution >= 4 is 29.0 Å². The summed E-state index contributed by atoms with van der Waals surface area (Å²) in [4.78, 5) is 13.4. The molecule has 2 heterocycles. The number of para-hydroxylation sites is 1. The number of halogens is 2. The first kappa shape index (κ1) is 23.9. The van der Waals surface area contributed by atoms with Crippen molar-refractivity contribution in [2.75, 3.05) is 0 Å². The number of carbonyl (C=O) groups is 1. The minimum absolute atomic E-state index is 0.210. The van der Waals surface area contributed by atoms with Crippen LogP contribution in [-0.2, 0) is 12.3 Å². The molecule has 0 unspecified atom stereocenters. The van der Waals surface area contributed by atoms with Crippen LogP contribution in [0.4, 0.5) is 8.78 Å². The highest BCUT2D eigenvalue weighted by Gasteiger charge is 2.19. The highest BCUT2D eigenvalue weighted by atomic mass is 32.2. The number of carbonyl (C=O) groups excluding carboxylic acids is 1. The molecule has 3 aromatic carbocycles. The minimum atomic E-state index is -0.354. The maximum atomic E-state index is 14.7. The van der Waals surface area contributed by atoms with E-state index in [1.165, 1.54) is 41.3 Å². The molecule has 5 aromatic rings. The Balaban J connectivity index is 1.28. The fourth-order valence-electron chi connectivity index (χ4n) is 3.57. The quantitative estimate of drug-likeness (QED) is 0.238. The average molecular weight is 519 g/mol. The van der Waals surface area contributed by atoms with E-state index >= 15 is 0 Å². The van der Waals surface area contributed by atoms with Gasteiger partial charge < -0.3 is 5.32 Å². The zero-order chi connectivity index (χ0) is 24.9. The predicted octanol–water partition coefficient (Wildman–Crippen LogP) is 6.50. The lowest BCUT2D eigenvalue weighted by atomic mass is 10.1. The smallest absolute Gasteiger partial charge is 0.251 e. The van der Waals surface area contributed by atoms with Gasteiger partial charge in [0.15, 0.2) is 11.0 Å². The predicted molar refractivity (Wildman–Crippen MR) is 138 cm³/mol. The number of hydrogen-bond acceptors (Lipinski definition) is 5. The second-order valence-electron chi connectivity index (χ2n) is 7.87. The van der Waals surface area contributed by atoms with Crippen LogP contribution in [0.25, 0.3) is 16.4 Å². The average Bonchev–Trinajstić information content (AvgIpc) is 3.58. The van der Waals surface area contributed by atoms with Crippen LogP contribution in [0.5, 0.6) is 0 Å². The van der Waals surface area contributed by atoms with Gasteiger partial charge in [-0.3, -0.25) is 9.36 Å². The van der Waals surface area contributed by atoms with Gasteiger partial charge in [0.05, 0.1) is 10.6 Å². The lowest BCUT2D eigenvalue weighted by Gasteiger charge is -2.10. The van der Waals surface area contributed by atoms with E-state index in [0.717, 1.165) is 16.0 Å². The number of nitrogens with zero attached hydrogens (tertiary/aromatic N) is 3. The Bertz CT molecular complexity index is 1470. The minimum Gasteiger partial charge on any atom is -0.348 e. The molecule has 180 valence electrons. The summed E-state index contributed by atoms with van der Waals surface area (Å²) in [5, 5.41) is 14.0. The molecule has 36 heavy (non-hydrogen) atoms. The molecule has 1 amide bonds. The molecule has 0 aliphatic carbocycles.